The predicted molar refractivity (Wildman–Crippen MR) is 97.4 cm³/mol. The Balaban J connectivity index is 1.84. The molecule has 27 heavy (non-hydrogen) atoms. The third kappa shape index (κ3) is 4.39. The topological polar surface area (TPSA) is 58.5 Å². The summed E-state index contributed by atoms with van der Waals surface area (Å²) < 4.78 is 66.5. The number of rotatable bonds is 3. The van der Waals surface area contributed by atoms with Gasteiger partial charge in [-0.1, -0.05) is 37.3 Å². The first-order valence-corrected chi connectivity index (χ1v) is 9.64. The Bertz CT molecular complexity index is 980. The van der Waals surface area contributed by atoms with E-state index in [-0.39, 0.29) is 16.6 Å². The summed E-state index contributed by atoms with van der Waals surface area (Å²) in [4.78, 5) is -0.283. The van der Waals surface area contributed by atoms with Gasteiger partial charge in [-0.3, -0.25) is 0 Å². The monoisotopic (exact) mass is 394 g/mol. The molecule has 1 atom stereocenters. The van der Waals surface area contributed by atoms with Crippen molar-refractivity contribution in [2.45, 2.75) is 24.4 Å². The number of nitrogens with zero attached hydrogens (tertiary/aromatic N) is 1. The van der Waals surface area contributed by atoms with E-state index in [0.717, 1.165) is 35.4 Å². The lowest BCUT2D eigenvalue weighted by Crippen LogP contribution is -2.30. The zero-order valence-electron chi connectivity index (χ0n) is 14.4. The Labute approximate surface area is 155 Å². The van der Waals surface area contributed by atoms with Gasteiger partial charge in [0.1, 0.15) is 5.84 Å². The molecule has 0 amide bonds. The van der Waals surface area contributed by atoms with Crippen LogP contribution in [0, 0.1) is 5.92 Å². The first-order valence-electron chi connectivity index (χ1n) is 8.20. The maximum atomic E-state index is 12.6. The molecule has 0 bridgehead atoms. The lowest BCUT2D eigenvalue weighted by Gasteiger charge is -2.22. The van der Waals surface area contributed by atoms with E-state index in [0.29, 0.717) is 6.42 Å². The summed E-state index contributed by atoms with van der Waals surface area (Å²) in [6.07, 6.45) is -2.22. The van der Waals surface area contributed by atoms with Gasteiger partial charge in [0.15, 0.2) is 0 Å². The molecule has 0 saturated heterocycles. The quantitative estimate of drug-likeness (QED) is 0.836. The molecule has 0 spiro atoms. The number of sulfonamides is 1. The zero-order valence-corrected chi connectivity index (χ0v) is 15.2. The fourth-order valence-corrected chi connectivity index (χ4v) is 3.83. The van der Waals surface area contributed by atoms with Gasteiger partial charge in [0, 0.05) is 12.1 Å². The highest BCUT2D eigenvalue weighted by atomic mass is 32.2. The van der Waals surface area contributed by atoms with E-state index < -0.39 is 21.8 Å². The second-order valence-electron chi connectivity index (χ2n) is 6.26. The van der Waals surface area contributed by atoms with Crippen LogP contribution in [0.15, 0.2) is 70.1 Å². The van der Waals surface area contributed by atoms with Gasteiger partial charge in [-0.15, -0.1) is 4.40 Å². The van der Waals surface area contributed by atoms with Gasteiger partial charge in [0.25, 0.3) is 10.0 Å². The summed E-state index contributed by atoms with van der Waals surface area (Å²) in [6, 6.07) is 13.0. The van der Waals surface area contributed by atoms with Crippen LogP contribution < -0.4 is 5.32 Å². The summed E-state index contributed by atoms with van der Waals surface area (Å²) in [5.41, 5.74) is 1.14. The smallest absolute Gasteiger partial charge is 0.349 e. The highest BCUT2D eigenvalue weighted by Gasteiger charge is 2.31. The molecule has 8 heteroatoms. The highest BCUT2D eigenvalue weighted by Crippen LogP contribution is 2.30. The van der Waals surface area contributed by atoms with E-state index in [2.05, 4.69) is 9.71 Å². The van der Waals surface area contributed by atoms with E-state index in [4.69, 9.17) is 0 Å². The average Bonchev–Trinajstić information content (AvgIpc) is 2.63. The van der Waals surface area contributed by atoms with Crippen molar-refractivity contribution >= 4 is 21.4 Å². The van der Waals surface area contributed by atoms with E-state index >= 15 is 0 Å². The summed E-state index contributed by atoms with van der Waals surface area (Å²) in [6.45, 7) is 1.84. The molecular formula is C19H17F3N2O2S. The van der Waals surface area contributed by atoms with Crippen LogP contribution in [0.1, 0.15) is 24.5 Å². The van der Waals surface area contributed by atoms with Crippen LogP contribution in [-0.2, 0) is 16.2 Å². The number of amidine groups is 1. The Kier molecular flexibility index (Phi) is 5.10. The minimum atomic E-state index is -4.52. The number of hydrogen-bond acceptors (Lipinski definition) is 2. The molecule has 1 N–H and O–H groups in total. The van der Waals surface area contributed by atoms with Crippen molar-refractivity contribution in [2.75, 3.05) is 0 Å². The van der Waals surface area contributed by atoms with E-state index in [9.17, 15) is 21.6 Å². The average molecular weight is 394 g/mol. The number of benzene rings is 2. The first kappa shape index (κ1) is 19.2. The first-order chi connectivity index (χ1) is 12.7. The fourth-order valence-electron chi connectivity index (χ4n) is 2.76. The van der Waals surface area contributed by atoms with Gasteiger partial charge in [-0.05, 0) is 41.8 Å². The maximum absolute atomic E-state index is 12.6. The summed E-state index contributed by atoms with van der Waals surface area (Å²) in [5, 5.41) is 2.91. The molecule has 0 radical (unpaired) electrons. The van der Waals surface area contributed by atoms with Gasteiger partial charge in [-0.2, -0.15) is 21.6 Å². The molecule has 0 saturated carbocycles. The largest absolute Gasteiger partial charge is 0.416 e. The van der Waals surface area contributed by atoms with Crippen molar-refractivity contribution in [2.24, 2.45) is 10.3 Å². The van der Waals surface area contributed by atoms with Gasteiger partial charge >= 0.3 is 6.18 Å². The van der Waals surface area contributed by atoms with Gasteiger partial charge in [-0.25, -0.2) is 0 Å². The van der Waals surface area contributed by atoms with Crippen molar-refractivity contribution < 1.29 is 21.6 Å². The number of hydrogen-bond donors (Lipinski definition) is 1. The Morgan fingerprint density at radius 3 is 2.22 bits per heavy atom. The lowest BCUT2D eigenvalue weighted by molar-refractivity contribution is -0.137. The van der Waals surface area contributed by atoms with Crippen molar-refractivity contribution in [3.8, 4) is 0 Å². The lowest BCUT2D eigenvalue weighted by atomic mass is 9.93. The van der Waals surface area contributed by atoms with Crippen LogP contribution in [-0.4, -0.2) is 14.3 Å². The van der Waals surface area contributed by atoms with E-state index in [1.54, 1.807) is 6.20 Å². The second kappa shape index (κ2) is 7.19. The number of nitrogens with one attached hydrogen (secondary N) is 1. The summed E-state index contributed by atoms with van der Waals surface area (Å²) in [7, 11) is -4.11. The minimum absolute atomic E-state index is 0.186. The SMILES string of the molecule is CC1CC(c2ccccc2)=CNC1=NS(=O)(=O)c1ccc(C(F)(F)F)cc1. The van der Waals surface area contributed by atoms with Gasteiger partial charge < -0.3 is 5.32 Å². The fraction of sp³-hybridized carbons (Fsp3) is 0.211. The molecule has 3 rings (SSSR count). The van der Waals surface area contributed by atoms with Crippen molar-refractivity contribution in [3.05, 3.63) is 71.9 Å². The molecule has 0 aliphatic carbocycles. The molecule has 0 fully saturated rings. The van der Waals surface area contributed by atoms with Crippen molar-refractivity contribution in [1.29, 1.82) is 0 Å². The third-order valence-electron chi connectivity index (χ3n) is 4.23. The van der Waals surface area contributed by atoms with Crippen LogP contribution in [0.4, 0.5) is 13.2 Å². The predicted octanol–water partition coefficient (Wildman–Crippen LogP) is 4.46. The molecule has 1 aliphatic rings. The standard InChI is InChI=1S/C19H17F3N2O2S/c1-13-11-15(14-5-3-2-4-6-14)12-23-18(13)24-27(25,26)17-9-7-16(8-10-17)19(20,21)22/h2-10,12-13H,11H2,1H3,(H,23,24). The summed E-state index contributed by atoms with van der Waals surface area (Å²) in [5.74, 6) is 0.0732. The number of allylic oxidation sites excluding steroid dienone is 1. The second-order valence-corrected chi connectivity index (χ2v) is 7.86. The van der Waals surface area contributed by atoms with Gasteiger partial charge in [0.2, 0.25) is 0 Å². The molecule has 1 unspecified atom stereocenters. The molecule has 4 nitrogen and oxygen atoms in total. The van der Waals surface area contributed by atoms with Gasteiger partial charge in [0.05, 0.1) is 10.5 Å². The van der Waals surface area contributed by atoms with Crippen molar-refractivity contribution in [1.82, 2.24) is 5.32 Å². The number of halogens is 3. The molecule has 1 heterocycles. The summed E-state index contributed by atoms with van der Waals surface area (Å²) >= 11 is 0. The van der Waals surface area contributed by atoms with E-state index in [1.807, 2.05) is 37.3 Å². The molecular weight excluding hydrogens is 377 g/mol. The van der Waals surface area contributed by atoms with Crippen LogP contribution in [0.25, 0.3) is 5.57 Å². The Morgan fingerprint density at radius 1 is 1.04 bits per heavy atom. The van der Waals surface area contributed by atoms with Crippen molar-refractivity contribution in [3.63, 3.8) is 0 Å². The molecule has 0 aromatic heterocycles. The third-order valence-corrected chi connectivity index (χ3v) is 5.53. The van der Waals surface area contributed by atoms with Crippen LogP contribution >= 0.6 is 0 Å². The van der Waals surface area contributed by atoms with E-state index in [1.165, 1.54) is 0 Å². The number of alkyl halides is 3. The van der Waals surface area contributed by atoms with Crippen LogP contribution in [0.2, 0.25) is 0 Å². The zero-order chi connectivity index (χ0) is 19.7. The van der Waals surface area contributed by atoms with Crippen LogP contribution in [0.5, 0.6) is 0 Å². The normalized spacial score (nSPS) is 19.5. The maximum Gasteiger partial charge on any atom is 0.416 e. The minimum Gasteiger partial charge on any atom is -0.349 e. The Morgan fingerprint density at radius 2 is 1.67 bits per heavy atom. The molecule has 142 valence electrons. The highest BCUT2D eigenvalue weighted by molar-refractivity contribution is 7.90. The molecule has 1 aliphatic heterocycles. The molecule has 2 aromatic carbocycles. The molecule has 2 aromatic rings. The van der Waals surface area contributed by atoms with Crippen LogP contribution in [0.3, 0.4) is 0 Å². The Hall–Kier alpha value is -2.61.